The Bertz CT molecular complexity index is 1690. The Balaban J connectivity index is 1.35. The standard InChI is InChI=1S/C33H35NO15/c1-3-32-22-16-9-10-17(35)26(22)48-27(32)18(11-12-33(32,45)20(13-16)34-2)46-29(42)23(38)24(39)30(43)49-25(15-7-5-4-6-8-15)31(44)47-19(28(40)41)14-21(36)37/h4-11,19-20,23-25,27,34-35,38-39,45H,3,12-14H2,1-2H3,(H,36,37)(H,40,41)/t19-,20-,23-,24-,25+,27+,32+,33-/m1/s1. The molecule has 1 heterocycles. The zero-order valence-corrected chi connectivity index (χ0v) is 26.3. The van der Waals surface area contributed by atoms with Gasteiger partial charge in [-0.25, -0.2) is 19.2 Å². The summed E-state index contributed by atoms with van der Waals surface area (Å²) < 4.78 is 21.4. The van der Waals surface area contributed by atoms with E-state index in [1.165, 1.54) is 42.5 Å². The highest BCUT2D eigenvalue weighted by atomic mass is 16.6. The highest BCUT2D eigenvalue weighted by Gasteiger charge is 2.69. The van der Waals surface area contributed by atoms with Gasteiger partial charge < -0.3 is 54.9 Å². The number of aliphatic hydroxyl groups excluding tert-OH is 2. The Hall–Kier alpha value is -5.03. The largest absolute Gasteiger partial charge is 0.504 e. The number of carbonyl (C=O) groups excluding carboxylic acids is 3. The summed E-state index contributed by atoms with van der Waals surface area (Å²) >= 11 is 0. The van der Waals surface area contributed by atoms with E-state index in [-0.39, 0.29) is 35.7 Å². The maximum Gasteiger partial charge on any atom is 0.353 e. The fourth-order valence-electron chi connectivity index (χ4n) is 7.02. The number of esters is 3. The predicted octanol–water partition coefficient (Wildman–Crippen LogP) is -0.0156. The molecule has 2 aromatic rings. The van der Waals surface area contributed by atoms with Crippen molar-refractivity contribution in [2.75, 3.05) is 7.05 Å². The van der Waals surface area contributed by atoms with Crippen molar-refractivity contribution in [3.63, 3.8) is 0 Å². The first-order valence-corrected chi connectivity index (χ1v) is 15.3. The molecular formula is C33H35NO15. The molecule has 0 fully saturated rings. The molecule has 16 heteroatoms. The van der Waals surface area contributed by atoms with Crippen LogP contribution >= 0.6 is 0 Å². The van der Waals surface area contributed by atoms with E-state index in [2.05, 4.69) is 5.32 Å². The maximum absolute atomic E-state index is 13.2. The fourth-order valence-corrected chi connectivity index (χ4v) is 7.02. The number of aromatic hydroxyl groups is 1. The van der Waals surface area contributed by atoms with Gasteiger partial charge in [-0.3, -0.25) is 4.79 Å². The molecule has 2 aromatic carbocycles. The third kappa shape index (κ3) is 5.96. The van der Waals surface area contributed by atoms with Crippen molar-refractivity contribution < 1.29 is 73.6 Å². The molecule has 8 atom stereocenters. The lowest BCUT2D eigenvalue weighted by Crippen LogP contribution is -2.70. The number of phenols is 1. The van der Waals surface area contributed by atoms with Gasteiger partial charge in [0.2, 0.25) is 12.2 Å². The van der Waals surface area contributed by atoms with Gasteiger partial charge in [-0.1, -0.05) is 43.3 Å². The van der Waals surface area contributed by atoms with Crippen LogP contribution in [0, 0.1) is 0 Å². The summed E-state index contributed by atoms with van der Waals surface area (Å²) in [6, 6.07) is 9.69. The van der Waals surface area contributed by atoms with Gasteiger partial charge in [0, 0.05) is 23.6 Å². The topological polar surface area (TPSA) is 256 Å². The maximum atomic E-state index is 13.2. The summed E-state index contributed by atoms with van der Waals surface area (Å²) in [4.78, 5) is 61.6. The second kappa shape index (κ2) is 13.5. The molecule has 0 saturated heterocycles. The lowest BCUT2D eigenvalue weighted by molar-refractivity contribution is -0.187. The second-order valence-electron chi connectivity index (χ2n) is 12.0. The molecule has 2 aliphatic carbocycles. The number of carbonyl (C=O) groups is 5. The molecular weight excluding hydrogens is 650 g/mol. The Kier molecular flexibility index (Phi) is 9.70. The first kappa shape index (κ1) is 35.3. The highest BCUT2D eigenvalue weighted by Crippen LogP contribution is 2.63. The average molecular weight is 686 g/mol. The number of rotatable bonds is 13. The van der Waals surface area contributed by atoms with Crippen molar-refractivity contribution in [1.29, 1.82) is 0 Å². The summed E-state index contributed by atoms with van der Waals surface area (Å²) in [5.41, 5.74) is -1.38. The Labute approximate surface area is 278 Å². The normalized spacial score (nSPS) is 25.7. The van der Waals surface area contributed by atoms with Crippen LogP contribution in [-0.4, -0.2) is 104 Å². The number of carboxylic acid groups (broad SMARTS) is 2. The number of benzene rings is 2. The van der Waals surface area contributed by atoms with E-state index in [0.717, 1.165) is 5.56 Å². The van der Waals surface area contributed by atoms with Gasteiger partial charge in [-0.15, -0.1) is 0 Å². The molecule has 7 N–H and O–H groups in total. The number of hydrogen-bond acceptors (Lipinski definition) is 14. The predicted molar refractivity (Wildman–Crippen MR) is 162 cm³/mol. The number of aliphatic carboxylic acids is 2. The number of carboxylic acids is 2. The van der Waals surface area contributed by atoms with Gasteiger partial charge in [0.05, 0.1) is 17.4 Å². The van der Waals surface area contributed by atoms with Gasteiger partial charge >= 0.3 is 29.8 Å². The first-order valence-electron chi connectivity index (χ1n) is 15.3. The van der Waals surface area contributed by atoms with Crippen molar-refractivity contribution in [2.45, 2.75) is 80.2 Å². The fraction of sp³-hybridized carbons (Fsp3) is 0.424. The summed E-state index contributed by atoms with van der Waals surface area (Å²) in [6.45, 7) is 1.80. The van der Waals surface area contributed by atoms with Crippen molar-refractivity contribution >= 4 is 29.8 Å². The lowest BCUT2D eigenvalue weighted by Gasteiger charge is -2.56. The smallest absolute Gasteiger partial charge is 0.353 e. The minimum atomic E-state index is -2.64. The van der Waals surface area contributed by atoms with Crippen LogP contribution < -0.4 is 10.1 Å². The molecule has 0 spiro atoms. The zero-order valence-electron chi connectivity index (χ0n) is 26.3. The molecule has 0 radical (unpaired) electrons. The number of phenolic OH excluding ortho intramolecular Hbond substituents is 1. The zero-order chi connectivity index (χ0) is 35.8. The molecule has 0 saturated carbocycles. The van der Waals surface area contributed by atoms with E-state index in [1.54, 1.807) is 20.0 Å². The van der Waals surface area contributed by atoms with E-state index >= 15 is 0 Å². The van der Waals surface area contributed by atoms with Crippen LogP contribution in [0.1, 0.15) is 49.0 Å². The average Bonchev–Trinajstić information content (AvgIpc) is 3.46. The number of ether oxygens (including phenoxy) is 4. The number of nitrogens with one attached hydrogen (secondary N) is 1. The van der Waals surface area contributed by atoms with Gasteiger partial charge in [-0.05, 0) is 37.6 Å². The molecule has 0 unspecified atom stereocenters. The molecule has 0 amide bonds. The number of aliphatic hydroxyl groups is 3. The van der Waals surface area contributed by atoms with Crippen LogP contribution in [0.15, 0.2) is 54.3 Å². The second-order valence-corrected chi connectivity index (χ2v) is 12.0. The Morgan fingerprint density at radius 3 is 2.27 bits per heavy atom. The van der Waals surface area contributed by atoms with Crippen LogP contribution in [0.3, 0.4) is 0 Å². The molecule has 16 nitrogen and oxygen atoms in total. The van der Waals surface area contributed by atoms with Crippen LogP contribution in [0.2, 0.25) is 0 Å². The molecule has 1 aliphatic heterocycles. The van der Waals surface area contributed by atoms with Gasteiger partial charge in [0.25, 0.3) is 0 Å². The number of hydrogen-bond donors (Lipinski definition) is 7. The third-order valence-electron chi connectivity index (χ3n) is 9.35. The SMILES string of the molecule is CC[C@]12c3c4ccc(O)c3O[C@H]1C(OC(=O)[C@H](O)[C@@H](O)C(=O)O[C@H](C(=O)O[C@H](CC(=O)O)C(=O)O)c1ccccc1)=CC[C@@]2(O)[C@H](NC)C4. The molecule has 49 heavy (non-hydrogen) atoms. The van der Waals surface area contributed by atoms with Crippen LogP contribution in [0.4, 0.5) is 0 Å². The quantitative estimate of drug-likeness (QED) is 0.108. The third-order valence-corrected chi connectivity index (χ3v) is 9.35. The minimum Gasteiger partial charge on any atom is -0.504 e. The summed E-state index contributed by atoms with van der Waals surface area (Å²) in [5, 5.41) is 65.5. The lowest BCUT2D eigenvalue weighted by atomic mass is 9.52. The molecule has 0 aromatic heterocycles. The van der Waals surface area contributed by atoms with Gasteiger partial charge in [0.15, 0.2) is 29.8 Å². The Morgan fingerprint density at radius 1 is 0.980 bits per heavy atom. The summed E-state index contributed by atoms with van der Waals surface area (Å²) in [5.74, 6) is -8.36. The first-order chi connectivity index (χ1) is 23.2. The van der Waals surface area contributed by atoms with Gasteiger partial charge in [0.1, 0.15) is 5.76 Å². The van der Waals surface area contributed by atoms with Crippen LogP contribution in [0.25, 0.3) is 0 Å². The summed E-state index contributed by atoms with van der Waals surface area (Å²) in [6.07, 6.45) is -9.64. The van der Waals surface area contributed by atoms with E-state index in [0.29, 0.717) is 12.0 Å². The Morgan fingerprint density at radius 2 is 1.65 bits per heavy atom. The van der Waals surface area contributed by atoms with Crippen molar-refractivity contribution in [1.82, 2.24) is 5.32 Å². The minimum absolute atomic E-state index is 0.0376. The molecule has 5 rings (SSSR count). The number of likely N-dealkylation sites (N-methyl/N-ethyl adjacent to an activating group) is 1. The van der Waals surface area contributed by atoms with Crippen molar-refractivity contribution in [3.8, 4) is 11.5 Å². The van der Waals surface area contributed by atoms with Crippen LogP contribution in [-0.2, 0) is 50.0 Å². The van der Waals surface area contributed by atoms with E-state index in [4.69, 9.17) is 24.1 Å². The molecule has 3 aliphatic rings. The monoisotopic (exact) mass is 685 g/mol. The molecule has 262 valence electrons. The van der Waals surface area contributed by atoms with Crippen molar-refractivity contribution in [3.05, 3.63) is 71.0 Å². The van der Waals surface area contributed by atoms with Crippen LogP contribution in [0.5, 0.6) is 11.5 Å². The van der Waals surface area contributed by atoms with Gasteiger partial charge in [-0.2, -0.15) is 0 Å². The van der Waals surface area contributed by atoms with E-state index in [9.17, 15) is 49.5 Å². The van der Waals surface area contributed by atoms with E-state index < -0.39 is 83.8 Å². The highest BCUT2D eigenvalue weighted by molar-refractivity contribution is 5.89. The van der Waals surface area contributed by atoms with E-state index in [1.807, 2.05) is 0 Å². The summed E-state index contributed by atoms with van der Waals surface area (Å²) in [7, 11) is 1.70. The van der Waals surface area contributed by atoms with Crippen molar-refractivity contribution in [2.24, 2.45) is 0 Å². The molecule has 0 bridgehead atoms.